The molecule has 75 heavy (non-hydrogen) atoms. The van der Waals surface area contributed by atoms with E-state index in [1.165, 1.54) is 40.0 Å². The molecule has 0 aromatic carbocycles. The first-order valence-electron chi connectivity index (χ1n) is 24.4. The van der Waals surface area contributed by atoms with Gasteiger partial charge in [-0.1, -0.05) is 42.9 Å². The summed E-state index contributed by atoms with van der Waals surface area (Å²) in [6.07, 6.45) is 30.3. The summed E-state index contributed by atoms with van der Waals surface area (Å²) in [6, 6.07) is 9.81. The lowest BCUT2D eigenvalue weighted by molar-refractivity contribution is -0.139. The highest BCUT2D eigenvalue weighted by Crippen LogP contribution is 2.15. The summed E-state index contributed by atoms with van der Waals surface area (Å²) in [7, 11) is 0. The normalized spacial score (nSPS) is 19.8. The largest absolute Gasteiger partial charge is 0.472 e. The number of allylic oxidation sites excluding steroid dienone is 8. The lowest BCUT2D eigenvalue weighted by Gasteiger charge is -2.00. The van der Waals surface area contributed by atoms with Crippen LogP contribution in [0.25, 0.3) is 0 Å². The summed E-state index contributed by atoms with van der Waals surface area (Å²) in [6.45, 7) is 26.6. The third-order valence-corrected chi connectivity index (χ3v) is 10.7. The third kappa shape index (κ3) is 32.2. The van der Waals surface area contributed by atoms with Crippen LogP contribution in [0.1, 0.15) is 132 Å². The zero-order valence-corrected chi connectivity index (χ0v) is 45.7. The molecule has 406 valence electrons. The predicted octanol–water partition coefficient (Wildman–Crippen LogP) is 12.6. The fourth-order valence-corrected chi connectivity index (χ4v) is 5.94. The topological polar surface area (TPSA) is 195 Å². The smallest absolute Gasteiger partial charge is 0.334 e. The standard InChI is InChI=1S/C7H8O.2C6H7N.4C6H8O2.2C6H8O.C5H6O.CH4/c1-6-2-4-7(8)5-3-6;1-6-2-4-7-5-3-6;1-6-3-2-4-7-5-6;2*1-4-3-6(7)8-5(4)2;2*1-4-3-5(2)8-6(4)7;1-5-2-3-6(7)4-5;1-5-3-2-4-6(5)7;1-5-2-3-6-4-5;/h2-4H,5H2,1H3;2*2-5H,1H3;4*3,5H,1-2H3;4H,2-3H2,1H3;3H,2,4H2,1H3;2-4H,1H3;1H4/t;;;4*5-;;;;/m...1010..../s1. The molecule has 0 spiro atoms. The van der Waals surface area contributed by atoms with E-state index >= 15 is 0 Å². The molecule has 0 amide bonds. The number of aryl methyl sites for hydroxylation is 3. The van der Waals surface area contributed by atoms with Crippen molar-refractivity contribution in [3.05, 3.63) is 178 Å². The van der Waals surface area contributed by atoms with Gasteiger partial charge >= 0.3 is 23.9 Å². The van der Waals surface area contributed by atoms with Gasteiger partial charge in [0.1, 0.15) is 24.4 Å². The summed E-state index contributed by atoms with van der Waals surface area (Å²) >= 11 is 0. The van der Waals surface area contributed by atoms with E-state index in [2.05, 4.69) is 9.97 Å². The maximum Gasteiger partial charge on any atom is 0.334 e. The molecule has 4 atom stereocenters. The van der Waals surface area contributed by atoms with Crippen molar-refractivity contribution in [1.29, 1.82) is 0 Å². The molecule has 0 saturated heterocycles. The zero-order chi connectivity index (χ0) is 55.8. The zero-order valence-electron chi connectivity index (χ0n) is 45.7. The molecular weight excluding hydrogens is 953 g/mol. The molecule has 7 heterocycles. The molecule has 0 saturated carbocycles. The second kappa shape index (κ2) is 37.2. The second-order valence-corrected chi connectivity index (χ2v) is 18.0. The molecule has 0 fully saturated rings. The van der Waals surface area contributed by atoms with Gasteiger partial charge in [0.2, 0.25) is 0 Å². The van der Waals surface area contributed by atoms with Crippen molar-refractivity contribution in [1.82, 2.24) is 9.97 Å². The van der Waals surface area contributed by atoms with E-state index in [0.717, 1.165) is 53.5 Å². The number of hydrogen-bond donors (Lipinski definition) is 0. The Balaban J connectivity index is 0.000000811. The van der Waals surface area contributed by atoms with Crippen LogP contribution in [0.4, 0.5) is 0 Å². The van der Waals surface area contributed by atoms with Crippen molar-refractivity contribution in [3.63, 3.8) is 0 Å². The van der Waals surface area contributed by atoms with E-state index in [-0.39, 0.29) is 67.3 Å². The Hall–Kier alpha value is -7.61. The van der Waals surface area contributed by atoms with Crippen molar-refractivity contribution in [2.24, 2.45) is 0 Å². The number of carbonyl (C=O) groups excluding carboxylic acids is 7. The van der Waals surface area contributed by atoms with Crippen LogP contribution in [0.2, 0.25) is 0 Å². The van der Waals surface area contributed by atoms with Crippen LogP contribution < -0.4 is 0 Å². The van der Waals surface area contributed by atoms with E-state index < -0.39 is 0 Å². The molecule has 3 aromatic heterocycles. The average molecular weight is 1030 g/mol. The maximum atomic E-state index is 10.5. The number of esters is 4. The Morgan fingerprint density at radius 2 is 1.07 bits per heavy atom. The molecule has 0 N–H and O–H groups in total. The van der Waals surface area contributed by atoms with Gasteiger partial charge in [-0.2, -0.15) is 0 Å². The minimum atomic E-state index is -0.213. The predicted molar refractivity (Wildman–Crippen MR) is 294 cm³/mol. The van der Waals surface area contributed by atoms with Gasteiger partial charge in [0.15, 0.2) is 17.3 Å². The molecule has 10 rings (SSSR count). The number of ketones is 3. The lowest BCUT2D eigenvalue weighted by atomic mass is 10.1. The highest BCUT2D eigenvalue weighted by Gasteiger charge is 2.19. The van der Waals surface area contributed by atoms with E-state index in [1.807, 2.05) is 150 Å². The van der Waals surface area contributed by atoms with Gasteiger partial charge in [0, 0.05) is 67.3 Å². The van der Waals surface area contributed by atoms with Crippen molar-refractivity contribution in [2.75, 3.05) is 0 Å². The van der Waals surface area contributed by atoms with Crippen molar-refractivity contribution < 1.29 is 56.9 Å². The fraction of sp³-hybridized carbons (Fsp3) is 0.393. The molecule has 0 radical (unpaired) electrons. The van der Waals surface area contributed by atoms with E-state index in [0.29, 0.717) is 12.2 Å². The van der Waals surface area contributed by atoms with Gasteiger partial charge in [0.05, 0.1) is 12.5 Å². The molecule has 3 aliphatic carbocycles. The number of ether oxygens (including phenoxy) is 4. The first-order chi connectivity index (χ1) is 34.9. The van der Waals surface area contributed by atoms with Gasteiger partial charge in [-0.25, -0.2) is 19.2 Å². The number of Topliss-reactive ketones (excluding diaryl/α,β-unsaturated/α-hetero) is 1. The average Bonchev–Trinajstić information content (AvgIpc) is 4.24. The van der Waals surface area contributed by atoms with E-state index in [1.54, 1.807) is 57.1 Å². The van der Waals surface area contributed by atoms with Gasteiger partial charge in [-0.05, 0) is 192 Å². The Labute approximate surface area is 445 Å². The van der Waals surface area contributed by atoms with Gasteiger partial charge in [-0.15, -0.1) is 0 Å². The Morgan fingerprint density at radius 3 is 1.23 bits per heavy atom. The quantitative estimate of drug-likeness (QED) is 0.152. The summed E-state index contributed by atoms with van der Waals surface area (Å²) in [5.41, 5.74) is 10.5. The maximum absolute atomic E-state index is 10.5. The molecule has 7 aliphatic rings. The Bertz CT molecular complexity index is 2450. The molecule has 14 nitrogen and oxygen atoms in total. The highest BCUT2D eigenvalue weighted by atomic mass is 16.6. The van der Waals surface area contributed by atoms with Crippen LogP contribution in [-0.4, -0.2) is 75.6 Å². The number of cyclic esters (lactones) is 4. The number of pyridine rings is 2. The first-order valence-corrected chi connectivity index (χ1v) is 24.4. The van der Waals surface area contributed by atoms with Crippen molar-refractivity contribution >= 4 is 41.2 Å². The van der Waals surface area contributed by atoms with E-state index in [9.17, 15) is 33.6 Å². The van der Waals surface area contributed by atoms with Crippen molar-refractivity contribution in [2.45, 2.75) is 161 Å². The summed E-state index contributed by atoms with van der Waals surface area (Å²) in [5, 5.41) is 0. The number of nitrogens with zero attached hydrogens (tertiary/aromatic N) is 2. The Kier molecular flexibility index (Phi) is 33.4. The van der Waals surface area contributed by atoms with Crippen LogP contribution >= 0.6 is 0 Å². The number of rotatable bonds is 0. The van der Waals surface area contributed by atoms with Gasteiger partial charge in [0.25, 0.3) is 0 Å². The summed E-state index contributed by atoms with van der Waals surface area (Å²) in [4.78, 5) is 80.8. The monoisotopic (exact) mass is 1030 g/mol. The number of hydrogen-bond acceptors (Lipinski definition) is 14. The fourth-order valence-electron chi connectivity index (χ4n) is 5.94. The van der Waals surface area contributed by atoms with Crippen LogP contribution in [0.3, 0.4) is 0 Å². The van der Waals surface area contributed by atoms with Crippen molar-refractivity contribution in [3.8, 4) is 0 Å². The van der Waals surface area contributed by atoms with E-state index in [4.69, 9.17) is 23.4 Å². The summed E-state index contributed by atoms with van der Waals surface area (Å²) in [5.74, 6) is 0.0214. The molecule has 3 aromatic rings. The Morgan fingerprint density at radius 1 is 0.520 bits per heavy atom. The minimum Gasteiger partial charge on any atom is -0.472 e. The van der Waals surface area contributed by atoms with Gasteiger partial charge < -0.3 is 23.4 Å². The number of furan rings is 1. The van der Waals surface area contributed by atoms with Gasteiger partial charge in [-0.3, -0.25) is 24.4 Å². The molecule has 14 heteroatoms. The molecule has 0 bridgehead atoms. The minimum absolute atomic E-state index is 0. The first kappa shape index (κ1) is 67.4. The second-order valence-electron chi connectivity index (χ2n) is 18.0. The summed E-state index contributed by atoms with van der Waals surface area (Å²) < 4.78 is 23.7. The molecular formula is C61H80N2O12. The van der Waals surface area contributed by atoms with Crippen LogP contribution in [0.15, 0.2) is 166 Å². The highest BCUT2D eigenvalue weighted by molar-refractivity contribution is 5.97. The van der Waals surface area contributed by atoms with Crippen LogP contribution in [0, 0.1) is 20.8 Å². The third-order valence-electron chi connectivity index (χ3n) is 10.7. The molecule has 0 unspecified atom stereocenters. The van der Waals surface area contributed by atoms with Crippen LogP contribution in [0.5, 0.6) is 0 Å². The lowest BCUT2D eigenvalue weighted by Crippen LogP contribution is -2.03. The number of carbonyl (C=O) groups is 7. The van der Waals surface area contributed by atoms with Crippen LogP contribution in [-0.2, 0) is 52.5 Å². The number of aromatic nitrogens is 2. The SMILES string of the molecule is C.CC1=CC(=O)CC1.CC1=CC(=O)O[C@@H]1C.CC1=CC(=O)O[C@H]1C.CC1=CCC(=O)C=C1.CC1=CCCC1=O.CC1=C[C@@H](C)OC1=O.CC1=C[C@H](C)OC1=O.Cc1cccnc1.Cc1ccncc1.Cc1ccoc1. The molecule has 4 aliphatic heterocycles.